The normalized spacial score (nSPS) is 10.7. The van der Waals surface area contributed by atoms with Crippen molar-refractivity contribution < 1.29 is 4.79 Å². The molecule has 1 aromatic heterocycles. The molecule has 0 aliphatic carbocycles. The van der Waals surface area contributed by atoms with E-state index >= 15 is 0 Å². The first kappa shape index (κ1) is 19.5. The maximum absolute atomic E-state index is 12.8. The third-order valence-electron chi connectivity index (χ3n) is 4.26. The van der Waals surface area contributed by atoms with Crippen molar-refractivity contribution in [2.24, 2.45) is 0 Å². The van der Waals surface area contributed by atoms with Crippen molar-refractivity contribution in [3.8, 4) is 17.1 Å². The van der Waals surface area contributed by atoms with Gasteiger partial charge in [-0.05, 0) is 61.0 Å². The molecule has 29 heavy (non-hydrogen) atoms. The lowest BCUT2D eigenvalue weighted by Crippen LogP contribution is -2.14. The van der Waals surface area contributed by atoms with Crippen molar-refractivity contribution in [3.63, 3.8) is 0 Å². The average Bonchev–Trinajstić information content (AvgIpc) is 3.15. The van der Waals surface area contributed by atoms with E-state index in [9.17, 15) is 4.79 Å². The number of rotatable bonds is 4. The summed E-state index contributed by atoms with van der Waals surface area (Å²) in [6, 6.07) is 23.0. The molecule has 7 heteroatoms. The molecule has 0 saturated heterocycles. The quantitative estimate of drug-likeness (QED) is 0.364. The van der Waals surface area contributed by atoms with Crippen LogP contribution in [0.15, 0.2) is 81.7 Å². The maximum Gasteiger partial charge on any atom is 0.295 e. The first-order valence-electron chi connectivity index (χ1n) is 8.86. The second kappa shape index (κ2) is 8.31. The van der Waals surface area contributed by atoms with Crippen LogP contribution in [0.5, 0.6) is 0 Å². The number of nitrogens with zero attached hydrogens (tertiary/aromatic N) is 3. The van der Waals surface area contributed by atoms with E-state index in [0.717, 1.165) is 25.8 Å². The summed E-state index contributed by atoms with van der Waals surface area (Å²) in [5.41, 5.74) is 3.44. The van der Waals surface area contributed by atoms with Crippen molar-refractivity contribution >= 4 is 43.5 Å². The third-order valence-corrected chi connectivity index (χ3v) is 5.32. The highest BCUT2D eigenvalue weighted by atomic mass is 79.9. The number of aromatic nitrogens is 3. The van der Waals surface area contributed by atoms with E-state index in [-0.39, 0.29) is 11.7 Å². The molecule has 1 N–H and O–H groups in total. The Morgan fingerprint density at radius 3 is 2.24 bits per heavy atom. The SMILES string of the molecule is Cc1cccc(NC(=O)c2nc(-c3ccc(Br)cc3)n(-c3ccc(Br)cc3)n2)c1. The monoisotopic (exact) mass is 510 g/mol. The fraction of sp³-hybridized carbons (Fsp3) is 0.0455. The number of nitrogens with one attached hydrogen (secondary N) is 1. The van der Waals surface area contributed by atoms with Gasteiger partial charge in [-0.15, -0.1) is 5.10 Å². The molecule has 0 unspecified atom stereocenters. The summed E-state index contributed by atoms with van der Waals surface area (Å²) in [6.45, 7) is 1.97. The van der Waals surface area contributed by atoms with Gasteiger partial charge in [-0.1, -0.05) is 56.1 Å². The first-order valence-corrected chi connectivity index (χ1v) is 10.5. The zero-order valence-corrected chi connectivity index (χ0v) is 18.6. The summed E-state index contributed by atoms with van der Waals surface area (Å²) in [5, 5.41) is 7.36. The Balaban J connectivity index is 1.75. The standard InChI is InChI=1S/C22H16Br2N4O/c1-14-3-2-4-18(13-14)25-22(29)20-26-21(15-5-7-16(23)8-6-15)28(27-20)19-11-9-17(24)10-12-19/h2-13H,1H3,(H,25,29). The van der Waals surface area contributed by atoms with Crippen LogP contribution in [0.4, 0.5) is 5.69 Å². The van der Waals surface area contributed by atoms with Crippen LogP contribution in [-0.2, 0) is 0 Å². The van der Waals surface area contributed by atoms with Gasteiger partial charge in [0.05, 0.1) is 5.69 Å². The van der Waals surface area contributed by atoms with Gasteiger partial charge < -0.3 is 5.32 Å². The number of hydrogen-bond donors (Lipinski definition) is 1. The largest absolute Gasteiger partial charge is 0.319 e. The topological polar surface area (TPSA) is 59.8 Å². The van der Waals surface area contributed by atoms with Gasteiger partial charge in [0, 0.05) is 20.2 Å². The number of benzene rings is 3. The van der Waals surface area contributed by atoms with Gasteiger partial charge in [-0.3, -0.25) is 4.79 Å². The highest BCUT2D eigenvalue weighted by Crippen LogP contribution is 2.24. The Morgan fingerprint density at radius 2 is 1.59 bits per heavy atom. The van der Waals surface area contributed by atoms with Crippen molar-refractivity contribution in [2.45, 2.75) is 6.92 Å². The second-order valence-electron chi connectivity index (χ2n) is 6.48. The Kier molecular flexibility index (Phi) is 5.60. The molecule has 0 radical (unpaired) electrons. The summed E-state index contributed by atoms with van der Waals surface area (Å²) < 4.78 is 3.61. The molecule has 0 bridgehead atoms. The summed E-state index contributed by atoms with van der Waals surface area (Å²) in [7, 11) is 0. The van der Waals surface area contributed by atoms with Crippen LogP contribution in [0, 0.1) is 6.92 Å². The van der Waals surface area contributed by atoms with E-state index in [1.165, 1.54) is 0 Å². The van der Waals surface area contributed by atoms with E-state index in [0.29, 0.717) is 11.5 Å². The smallest absolute Gasteiger partial charge is 0.295 e. The number of anilines is 1. The maximum atomic E-state index is 12.8. The highest BCUT2D eigenvalue weighted by molar-refractivity contribution is 9.10. The predicted octanol–water partition coefficient (Wildman–Crippen LogP) is 6.02. The van der Waals surface area contributed by atoms with Gasteiger partial charge in [0.25, 0.3) is 5.91 Å². The molecule has 5 nitrogen and oxygen atoms in total. The Labute approximate surface area is 185 Å². The molecule has 1 amide bonds. The van der Waals surface area contributed by atoms with Crippen LogP contribution in [0.2, 0.25) is 0 Å². The van der Waals surface area contributed by atoms with Crippen molar-refractivity contribution in [3.05, 3.63) is 93.1 Å². The fourth-order valence-corrected chi connectivity index (χ4v) is 3.39. The average molecular weight is 512 g/mol. The molecule has 0 fully saturated rings. The second-order valence-corrected chi connectivity index (χ2v) is 8.31. The van der Waals surface area contributed by atoms with Crippen molar-refractivity contribution in [1.29, 1.82) is 0 Å². The van der Waals surface area contributed by atoms with Gasteiger partial charge in [0.1, 0.15) is 0 Å². The zero-order valence-electron chi connectivity index (χ0n) is 15.4. The highest BCUT2D eigenvalue weighted by Gasteiger charge is 2.19. The summed E-state index contributed by atoms with van der Waals surface area (Å²) >= 11 is 6.89. The lowest BCUT2D eigenvalue weighted by atomic mass is 10.2. The number of hydrogen-bond acceptors (Lipinski definition) is 3. The van der Waals surface area contributed by atoms with Crippen LogP contribution >= 0.6 is 31.9 Å². The van der Waals surface area contributed by atoms with Crippen molar-refractivity contribution in [1.82, 2.24) is 14.8 Å². The summed E-state index contributed by atoms with van der Waals surface area (Å²) in [5.74, 6) is 0.339. The van der Waals surface area contributed by atoms with Crippen molar-refractivity contribution in [2.75, 3.05) is 5.32 Å². The summed E-state index contributed by atoms with van der Waals surface area (Å²) in [6.07, 6.45) is 0. The molecule has 4 rings (SSSR count). The molecule has 0 atom stereocenters. The minimum atomic E-state index is -0.357. The van der Waals surface area contributed by atoms with Crippen LogP contribution in [0.3, 0.4) is 0 Å². The molecular weight excluding hydrogens is 496 g/mol. The van der Waals surface area contributed by atoms with Gasteiger partial charge >= 0.3 is 0 Å². The van der Waals surface area contributed by atoms with Gasteiger partial charge in [0.15, 0.2) is 5.82 Å². The Bertz CT molecular complexity index is 1110. The number of amides is 1. The number of halogens is 2. The number of carbonyl (C=O) groups excluding carboxylic acids is 1. The van der Waals surface area contributed by atoms with Crippen LogP contribution in [0.25, 0.3) is 17.1 Å². The van der Waals surface area contributed by atoms with E-state index in [4.69, 9.17) is 0 Å². The lowest BCUT2D eigenvalue weighted by molar-refractivity contribution is 0.101. The van der Waals surface area contributed by atoms with Gasteiger partial charge in [-0.25, -0.2) is 9.67 Å². The van der Waals surface area contributed by atoms with E-state index in [2.05, 4.69) is 47.3 Å². The molecule has 1 heterocycles. The minimum absolute atomic E-state index is 0.104. The summed E-state index contributed by atoms with van der Waals surface area (Å²) in [4.78, 5) is 17.3. The van der Waals surface area contributed by atoms with Gasteiger partial charge in [0.2, 0.25) is 5.82 Å². The fourth-order valence-electron chi connectivity index (χ4n) is 2.87. The third kappa shape index (κ3) is 4.46. The van der Waals surface area contributed by atoms with Crippen LogP contribution in [0.1, 0.15) is 16.2 Å². The molecule has 4 aromatic rings. The molecule has 0 aliphatic heterocycles. The van der Waals surface area contributed by atoms with Gasteiger partial charge in [-0.2, -0.15) is 0 Å². The minimum Gasteiger partial charge on any atom is -0.319 e. The van der Waals surface area contributed by atoms with E-state index in [1.807, 2.05) is 79.7 Å². The molecule has 0 aliphatic rings. The van der Waals surface area contributed by atoms with E-state index in [1.54, 1.807) is 4.68 Å². The Morgan fingerprint density at radius 1 is 0.931 bits per heavy atom. The lowest BCUT2D eigenvalue weighted by Gasteiger charge is -2.06. The van der Waals surface area contributed by atoms with Crippen LogP contribution in [-0.4, -0.2) is 20.7 Å². The first-order chi connectivity index (χ1) is 14.0. The van der Waals surface area contributed by atoms with Crippen LogP contribution < -0.4 is 5.32 Å². The molecule has 0 saturated carbocycles. The molecule has 144 valence electrons. The molecule has 3 aromatic carbocycles. The van der Waals surface area contributed by atoms with E-state index < -0.39 is 0 Å². The number of aryl methyl sites for hydroxylation is 1. The zero-order chi connectivity index (χ0) is 20.4. The molecule has 0 spiro atoms. The number of carbonyl (C=O) groups is 1. The Hall–Kier alpha value is -2.77. The molecular formula is C22H16Br2N4O. The predicted molar refractivity (Wildman–Crippen MR) is 121 cm³/mol.